The average molecular weight is 610 g/mol. The minimum Gasteiger partial charge on any atom is -0.496 e. The lowest BCUT2D eigenvalue weighted by Gasteiger charge is -2.32. The predicted octanol–water partition coefficient (Wildman–Crippen LogP) is 5.75. The van der Waals surface area contributed by atoms with Gasteiger partial charge in [-0.05, 0) is 79.7 Å². The van der Waals surface area contributed by atoms with Gasteiger partial charge in [0, 0.05) is 59.8 Å². The van der Waals surface area contributed by atoms with Gasteiger partial charge in [0.05, 0.1) is 19.7 Å². The van der Waals surface area contributed by atoms with Crippen LogP contribution in [0, 0.1) is 5.82 Å². The Morgan fingerprint density at radius 1 is 0.978 bits per heavy atom. The Morgan fingerprint density at radius 3 is 2.51 bits per heavy atom. The molecular formula is C36H40FN5O3. The summed E-state index contributed by atoms with van der Waals surface area (Å²) in [5.41, 5.74) is 5.13. The first-order chi connectivity index (χ1) is 21.9. The van der Waals surface area contributed by atoms with Crippen LogP contribution in [-0.4, -0.2) is 70.9 Å². The van der Waals surface area contributed by atoms with E-state index in [9.17, 15) is 14.0 Å². The topological polar surface area (TPSA) is 93.5 Å². The SMILES string of the molecule is COc1ccccc1CN(C[C@@H](Cc1c[nH]c2ccccc12)NC(=O)CN1CCC(c2c[nH]c3ccc(F)cc23)CC1)C(C)=O. The summed E-state index contributed by atoms with van der Waals surface area (Å²) in [5.74, 6) is 0.674. The summed E-state index contributed by atoms with van der Waals surface area (Å²) in [7, 11) is 1.63. The van der Waals surface area contributed by atoms with Gasteiger partial charge in [-0.1, -0.05) is 36.4 Å². The van der Waals surface area contributed by atoms with Crippen LogP contribution in [0.4, 0.5) is 4.39 Å². The van der Waals surface area contributed by atoms with Gasteiger partial charge in [0.15, 0.2) is 0 Å². The fourth-order valence-corrected chi connectivity index (χ4v) is 6.67. The zero-order valence-electron chi connectivity index (χ0n) is 25.8. The number of benzene rings is 3. The number of aromatic amines is 2. The second-order valence-corrected chi connectivity index (χ2v) is 12.0. The van der Waals surface area contributed by atoms with Crippen molar-refractivity contribution in [3.8, 4) is 5.75 Å². The number of fused-ring (bicyclic) bond motifs is 2. The van der Waals surface area contributed by atoms with E-state index in [1.54, 1.807) is 31.1 Å². The third kappa shape index (κ3) is 7.04. The maximum absolute atomic E-state index is 13.9. The second-order valence-electron chi connectivity index (χ2n) is 12.0. The van der Waals surface area contributed by atoms with Crippen LogP contribution in [0.2, 0.25) is 0 Å². The molecule has 6 rings (SSSR count). The first-order valence-electron chi connectivity index (χ1n) is 15.6. The Balaban J connectivity index is 1.13. The number of ether oxygens (including phenoxy) is 1. The number of hydrogen-bond acceptors (Lipinski definition) is 4. The maximum Gasteiger partial charge on any atom is 0.234 e. The number of amides is 2. The molecule has 1 saturated heterocycles. The van der Waals surface area contributed by atoms with Crippen molar-refractivity contribution in [2.75, 3.05) is 33.3 Å². The van der Waals surface area contributed by atoms with Crippen LogP contribution in [0.1, 0.15) is 42.4 Å². The number of aromatic nitrogens is 2. The van der Waals surface area contributed by atoms with Crippen molar-refractivity contribution in [2.45, 2.75) is 44.7 Å². The van der Waals surface area contributed by atoms with Crippen molar-refractivity contribution in [3.63, 3.8) is 0 Å². The van der Waals surface area contributed by atoms with Crippen molar-refractivity contribution >= 4 is 33.6 Å². The number of piperidine rings is 1. The molecular weight excluding hydrogens is 569 g/mol. The summed E-state index contributed by atoms with van der Waals surface area (Å²) in [5, 5.41) is 5.32. The molecule has 2 aromatic heterocycles. The average Bonchev–Trinajstić information content (AvgIpc) is 3.65. The number of nitrogens with one attached hydrogen (secondary N) is 3. The first-order valence-corrected chi connectivity index (χ1v) is 15.6. The van der Waals surface area contributed by atoms with Gasteiger partial charge in [0.25, 0.3) is 0 Å². The molecule has 2 amide bonds. The van der Waals surface area contributed by atoms with Crippen LogP contribution < -0.4 is 10.1 Å². The number of halogens is 1. The molecule has 3 N–H and O–H groups in total. The molecule has 1 atom stereocenters. The number of hydrogen-bond donors (Lipinski definition) is 3. The van der Waals surface area contributed by atoms with E-state index < -0.39 is 0 Å². The Kier molecular flexibility index (Phi) is 9.16. The molecule has 234 valence electrons. The highest BCUT2D eigenvalue weighted by atomic mass is 19.1. The Morgan fingerprint density at radius 2 is 1.71 bits per heavy atom. The summed E-state index contributed by atoms with van der Waals surface area (Å²) in [6.07, 6.45) is 6.35. The van der Waals surface area contributed by atoms with Gasteiger partial charge in [-0.3, -0.25) is 14.5 Å². The molecule has 3 aromatic carbocycles. The number of para-hydroxylation sites is 2. The smallest absolute Gasteiger partial charge is 0.234 e. The number of methoxy groups -OCH3 is 1. The minimum atomic E-state index is -0.297. The number of carbonyl (C=O) groups is 2. The van der Waals surface area contributed by atoms with Crippen molar-refractivity contribution in [1.82, 2.24) is 25.1 Å². The lowest BCUT2D eigenvalue weighted by molar-refractivity contribution is -0.131. The number of carbonyl (C=O) groups excluding carboxylic acids is 2. The van der Waals surface area contributed by atoms with Crippen LogP contribution in [0.25, 0.3) is 21.8 Å². The predicted molar refractivity (Wildman–Crippen MR) is 175 cm³/mol. The summed E-state index contributed by atoms with van der Waals surface area (Å²) in [6.45, 7) is 4.14. The third-order valence-electron chi connectivity index (χ3n) is 9.02. The standard InChI is InChI=1S/C36H40FN5O3/c1-24(43)42(21-26-7-3-6-10-35(26)45-2)22-29(17-27-19-38-33-9-5-4-8-30(27)33)40-36(44)23-41-15-13-25(14-16-41)32-20-39-34-12-11-28(37)18-31(32)34/h3-12,18-20,25,29,38-39H,13-17,21-23H2,1-2H3,(H,40,44)/t29-/m1/s1. The van der Waals surface area contributed by atoms with Gasteiger partial charge in [0.1, 0.15) is 11.6 Å². The van der Waals surface area contributed by atoms with Gasteiger partial charge < -0.3 is 24.9 Å². The number of nitrogens with zero attached hydrogens (tertiary/aromatic N) is 2. The van der Waals surface area contributed by atoms with E-state index in [1.165, 1.54) is 6.07 Å². The summed E-state index contributed by atoms with van der Waals surface area (Å²) >= 11 is 0. The molecule has 1 aliphatic heterocycles. The zero-order chi connectivity index (χ0) is 31.3. The van der Waals surface area contributed by atoms with Crippen LogP contribution >= 0.6 is 0 Å². The molecule has 0 radical (unpaired) electrons. The van der Waals surface area contributed by atoms with Crippen molar-refractivity contribution in [3.05, 3.63) is 102 Å². The molecule has 1 aliphatic rings. The second kappa shape index (κ2) is 13.6. The summed E-state index contributed by atoms with van der Waals surface area (Å²) in [4.78, 5) is 36.9. The van der Waals surface area contributed by atoms with E-state index in [0.29, 0.717) is 25.4 Å². The molecule has 45 heavy (non-hydrogen) atoms. The lowest BCUT2D eigenvalue weighted by Crippen LogP contribution is -2.49. The number of rotatable bonds is 11. The number of H-pyrrole nitrogens is 2. The molecule has 1 fully saturated rings. The molecule has 0 aliphatic carbocycles. The van der Waals surface area contributed by atoms with Gasteiger partial charge in [-0.15, -0.1) is 0 Å². The fraction of sp³-hybridized carbons (Fsp3) is 0.333. The molecule has 5 aromatic rings. The zero-order valence-corrected chi connectivity index (χ0v) is 25.8. The van der Waals surface area contributed by atoms with Gasteiger partial charge in [0.2, 0.25) is 11.8 Å². The van der Waals surface area contributed by atoms with Crippen LogP contribution in [0.3, 0.4) is 0 Å². The number of likely N-dealkylation sites (tertiary alicyclic amines) is 1. The molecule has 0 spiro atoms. The van der Waals surface area contributed by atoms with E-state index in [-0.39, 0.29) is 30.2 Å². The van der Waals surface area contributed by atoms with Crippen molar-refractivity contribution in [2.24, 2.45) is 0 Å². The Bertz CT molecular complexity index is 1790. The van der Waals surface area contributed by atoms with Crippen molar-refractivity contribution < 1.29 is 18.7 Å². The van der Waals surface area contributed by atoms with E-state index in [0.717, 1.165) is 70.2 Å². The highest BCUT2D eigenvalue weighted by molar-refractivity contribution is 5.84. The molecule has 9 heteroatoms. The normalized spacial score (nSPS) is 14.9. The van der Waals surface area contributed by atoms with Gasteiger partial charge in [-0.25, -0.2) is 4.39 Å². The first kappa shape index (κ1) is 30.4. The quantitative estimate of drug-likeness (QED) is 0.178. The monoisotopic (exact) mass is 609 g/mol. The van der Waals surface area contributed by atoms with Crippen molar-refractivity contribution in [1.29, 1.82) is 0 Å². The van der Waals surface area contributed by atoms with Gasteiger partial charge in [-0.2, -0.15) is 0 Å². The lowest BCUT2D eigenvalue weighted by atomic mass is 9.89. The molecule has 8 nitrogen and oxygen atoms in total. The highest BCUT2D eigenvalue weighted by Crippen LogP contribution is 2.33. The van der Waals surface area contributed by atoms with Crippen LogP contribution in [-0.2, 0) is 22.6 Å². The summed E-state index contributed by atoms with van der Waals surface area (Å²) in [6, 6.07) is 20.4. The Labute approximate surface area is 262 Å². The van der Waals surface area contributed by atoms with Crippen LogP contribution in [0.5, 0.6) is 5.75 Å². The van der Waals surface area contributed by atoms with E-state index >= 15 is 0 Å². The minimum absolute atomic E-state index is 0.0618. The molecule has 0 unspecified atom stereocenters. The molecule has 0 saturated carbocycles. The highest BCUT2D eigenvalue weighted by Gasteiger charge is 2.26. The largest absolute Gasteiger partial charge is 0.496 e. The van der Waals surface area contributed by atoms with Crippen LogP contribution in [0.15, 0.2) is 79.1 Å². The Hall–Kier alpha value is -4.63. The maximum atomic E-state index is 13.9. The van der Waals surface area contributed by atoms with Gasteiger partial charge >= 0.3 is 0 Å². The molecule has 3 heterocycles. The molecule has 0 bridgehead atoms. The van der Waals surface area contributed by atoms with E-state index in [2.05, 4.69) is 26.3 Å². The fourth-order valence-electron chi connectivity index (χ4n) is 6.67. The summed E-state index contributed by atoms with van der Waals surface area (Å²) < 4.78 is 19.5. The van der Waals surface area contributed by atoms with E-state index in [1.807, 2.05) is 54.9 Å². The third-order valence-corrected chi connectivity index (χ3v) is 9.02. The van der Waals surface area contributed by atoms with E-state index in [4.69, 9.17) is 4.74 Å².